The van der Waals surface area contributed by atoms with Gasteiger partial charge in [-0.3, -0.25) is 4.79 Å². The number of rotatable bonds is 6. The summed E-state index contributed by atoms with van der Waals surface area (Å²) in [5.74, 6) is 0.810. The van der Waals surface area contributed by atoms with Crippen LogP contribution in [-0.4, -0.2) is 19.4 Å². The van der Waals surface area contributed by atoms with Gasteiger partial charge >= 0.3 is 0 Å². The Labute approximate surface area is 147 Å². The topological polar surface area (TPSA) is 55.6 Å². The Kier molecular flexibility index (Phi) is 5.00. The van der Waals surface area contributed by atoms with E-state index in [1.807, 2.05) is 83.8 Å². The number of methoxy groups -OCH3 is 1. The maximum Gasteiger partial charge on any atom is 0.182 e. The van der Waals surface area contributed by atoms with Gasteiger partial charge in [0.25, 0.3) is 0 Å². The number of ether oxygens (including phenoxy) is 1. The Morgan fingerprint density at radius 1 is 0.920 bits per heavy atom. The van der Waals surface area contributed by atoms with Crippen LogP contribution in [0.15, 0.2) is 78.9 Å². The molecule has 0 aromatic heterocycles. The summed E-state index contributed by atoms with van der Waals surface area (Å²) in [4.78, 5) is 14.7. The molecule has 0 radical (unpaired) electrons. The second kappa shape index (κ2) is 7.53. The molecule has 3 aromatic carbocycles. The molecule has 0 aliphatic rings. The molecule has 0 saturated heterocycles. The van der Waals surface area contributed by atoms with Crippen molar-refractivity contribution in [3.63, 3.8) is 0 Å². The van der Waals surface area contributed by atoms with Crippen LogP contribution in [0.25, 0.3) is 0 Å². The molecule has 126 valence electrons. The Balaban J connectivity index is 1.95. The van der Waals surface area contributed by atoms with Gasteiger partial charge in [-0.15, -0.1) is 0 Å². The van der Waals surface area contributed by atoms with Crippen LogP contribution in [0.5, 0.6) is 5.75 Å². The van der Waals surface area contributed by atoms with Crippen molar-refractivity contribution < 1.29 is 9.53 Å². The molecule has 0 saturated carbocycles. The predicted octanol–water partition coefficient (Wildman–Crippen LogP) is 4.30. The molecule has 0 amide bonds. The summed E-state index contributed by atoms with van der Waals surface area (Å²) in [6, 6.07) is 24.4. The summed E-state index contributed by atoms with van der Waals surface area (Å²) in [7, 11) is 1.63. The third-order valence-electron chi connectivity index (χ3n) is 3.96. The number of nitrogens with two attached hydrogens (primary N) is 1. The first kappa shape index (κ1) is 16.6. The molecule has 3 rings (SSSR count). The molecule has 3 aromatic rings. The molecule has 4 nitrogen and oxygen atoms in total. The van der Waals surface area contributed by atoms with Gasteiger partial charge in [-0.1, -0.05) is 36.4 Å². The number of carbonyl (C=O) groups is 1. The van der Waals surface area contributed by atoms with E-state index >= 15 is 0 Å². The van der Waals surface area contributed by atoms with Gasteiger partial charge < -0.3 is 15.4 Å². The van der Waals surface area contributed by atoms with Crippen LogP contribution < -0.4 is 15.4 Å². The maximum absolute atomic E-state index is 12.7. The second-order valence-corrected chi connectivity index (χ2v) is 5.67. The fraction of sp³-hybridized carbons (Fsp3) is 0.0952. The number of Topliss-reactive ketones (excluding diaryl/α,β-unsaturated/α-hetero) is 1. The normalized spacial score (nSPS) is 10.3. The van der Waals surface area contributed by atoms with Crippen molar-refractivity contribution in [3.05, 3.63) is 84.4 Å². The summed E-state index contributed by atoms with van der Waals surface area (Å²) >= 11 is 0. The Hall–Kier alpha value is -3.27. The predicted molar refractivity (Wildman–Crippen MR) is 102 cm³/mol. The van der Waals surface area contributed by atoms with Gasteiger partial charge in [0, 0.05) is 22.6 Å². The van der Waals surface area contributed by atoms with E-state index in [0.29, 0.717) is 11.3 Å². The van der Waals surface area contributed by atoms with E-state index < -0.39 is 0 Å². The van der Waals surface area contributed by atoms with Crippen LogP contribution in [-0.2, 0) is 0 Å². The molecule has 0 aliphatic carbocycles. The number of hydrogen-bond acceptors (Lipinski definition) is 4. The average molecular weight is 332 g/mol. The van der Waals surface area contributed by atoms with Gasteiger partial charge in [-0.25, -0.2) is 0 Å². The molecule has 0 heterocycles. The van der Waals surface area contributed by atoms with Crippen molar-refractivity contribution in [1.82, 2.24) is 0 Å². The summed E-state index contributed by atoms with van der Waals surface area (Å²) in [5, 5.41) is 0. The molecule has 0 spiro atoms. The first-order valence-electron chi connectivity index (χ1n) is 8.03. The van der Waals surface area contributed by atoms with Crippen LogP contribution >= 0.6 is 0 Å². The van der Waals surface area contributed by atoms with Crippen molar-refractivity contribution >= 4 is 22.8 Å². The molecular weight excluding hydrogens is 312 g/mol. The number of benzene rings is 3. The quantitative estimate of drug-likeness (QED) is 0.540. The largest absolute Gasteiger partial charge is 0.497 e. The number of hydrogen-bond donors (Lipinski definition) is 1. The standard InChI is InChI=1S/C21H20N2O2/c1-25-20-12-10-18(11-13-20)23(19-9-5-8-17(22)14-19)15-21(24)16-6-3-2-4-7-16/h2-14H,15,22H2,1H3. The van der Waals surface area contributed by atoms with E-state index in [-0.39, 0.29) is 12.3 Å². The van der Waals surface area contributed by atoms with E-state index in [1.165, 1.54) is 0 Å². The molecule has 4 heteroatoms. The second-order valence-electron chi connectivity index (χ2n) is 5.67. The molecule has 0 atom stereocenters. The highest BCUT2D eigenvalue weighted by atomic mass is 16.5. The summed E-state index contributed by atoms with van der Waals surface area (Å²) in [6.07, 6.45) is 0. The minimum Gasteiger partial charge on any atom is -0.497 e. The van der Waals surface area contributed by atoms with Gasteiger partial charge in [-0.2, -0.15) is 0 Å². The molecule has 25 heavy (non-hydrogen) atoms. The smallest absolute Gasteiger partial charge is 0.182 e. The number of ketones is 1. The summed E-state index contributed by atoms with van der Waals surface area (Å²) in [6.45, 7) is 0.222. The van der Waals surface area contributed by atoms with Crippen molar-refractivity contribution in [2.24, 2.45) is 0 Å². The molecule has 0 aliphatic heterocycles. The third-order valence-corrected chi connectivity index (χ3v) is 3.96. The van der Waals surface area contributed by atoms with E-state index in [2.05, 4.69) is 0 Å². The zero-order chi connectivity index (χ0) is 17.6. The maximum atomic E-state index is 12.7. The van der Waals surface area contributed by atoms with Crippen molar-refractivity contribution in [2.75, 3.05) is 24.3 Å². The van der Waals surface area contributed by atoms with Crippen LogP contribution in [0.1, 0.15) is 10.4 Å². The summed E-state index contributed by atoms with van der Waals surface area (Å²) < 4.78 is 5.22. The van der Waals surface area contributed by atoms with Gasteiger partial charge in [0.05, 0.1) is 13.7 Å². The SMILES string of the molecule is COc1ccc(N(CC(=O)c2ccccc2)c2cccc(N)c2)cc1. The molecule has 0 fully saturated rings. The van der Waals surface area contributed by atoms with Crippen LogP contribution in [0.4, 0.5) is 17.1 Å². The van der Waals surface area contributed by atoms with E-state index in [0.717, 1.165) is 17.1 Å². The van der Waals surface area contributed by atoms with Crippen LogP contribution in [0.2, 0.25) is 0 Å². The van der Waals surface area contributed by atoms with Crippen molar-refractivity contribution in [2.45, 2.75) is 0 Å². The van der Waals surface area contributed by atoms with Crippen molar-refractivity contribution in [3.8, 4) is 5.75 Å². The van der Waals surface area contributed by atoms with Crippen LogP contribution in [0, 0.1) is 0 Å². The summed E-state index contributed by atoms with van der Waals surface area (Å²) in [5.41, 5.74) is 9.04. The highest BCUT2D eigenvalue weighted by Crippen LogP contribution is 2.28. The van der Waals surface area contributed by atoms with Gasteiger partial charge in [0.15, 0.2) is 5.78 Å². The lowest BCUT2D eigenvalue weighted by Gasteiger charge is -2.25. The van der Waals surface area contributed by atoms with Gasteiger partial charge in [0.2, 0.25) is 0 Å². The van der Waals surface area contributed by atoms with E-state index in [4.69, 9.17) is 10.5 Å². The third kappa shape index (κ3) is 3.98. The minimum atomic E-state index is 0.0406. The zero-order valence-electron chi connectivity index (χ0n) is 14.1. The molecule has 0 unspecified atom stereocenters. The monoisotopic (exact) mass is 332 g/mol. The lowest BCUT2D eigenvalue weighted by atomic mass is 10.1. The van der Waals surface area contributed by atoms with Crippen molar-refractivity contribution in [1.29, 1.82) is 0 Å². The molecule has 0 bridgehead atoms. The number of carbonyl (C=O) groups excluding carboxylic acids is 1. The Morgan fingerprint density at radius 2 is 1.64 bits per heavy atom. The lowest BCUT2D eigenvalue weighted by molar-refractivity contribution is 0.100. The average Bonchev–Trinajstić information content (AvgIpc) is 2.67. The number of nitrogens with zero attached hydrogens (tertiary/aromatic N) is 1. The molecular formula is C21H20N2O2. The van der Waals surface area contributed by atoms with E-state index in [9.17, 15) is 4.79 Å². The molecule has 2 N–H and O–H groups in total. The Morgan fingerprint density at radius 3 is 2.28 bits per heavy atom. The highest BCUT2D eigenvalue weighted by Gasteiger charge is 2.15. The van der Waals surface area contributed by atoms with E-state index in [1.54, 1.807) is 7.11 Å². The first-order chi connectivity index (χ1) is 12.2. The van der Waals surface area contributed by atoms with Gasteiger partial charge in [-0.05, 0) is 42.5 Å². The minimum absolute atomic E-state index is 0.0406. The number of anilines is 3. The zero-order valence-corrected chi connectivity index (χ0v) is 14.1. The fourth-order valence-corrected chi connectivity index (χ4v) is 2.65. The Bertz CT molecular complexity index is 845. The lowest BCUT2D eigenvalue weighted by Crippen LogP contribution is -2.25. The van der Waals surface area contributed by atoms with Crippen LogP contribution in [0.3, 0.4) is 0 Å². The van der Waals surface area contributed by atoms with Gasteiger partial charge in [0.1, 0.15) is 5.75 Å². The first-order valence-corrected chi connectivity index (χ1v) is 8.03. The fourth-order valence-electron chi connectivity index (χ4n) is 2.65. The number of nitrogen functional groups attached to an aromatic ring is 1. The highest BCUT2D eigenvalue weighted by molar-refractivity contribution is 6.00.